The fourth-order valence-corrected chi connectivity index (χ4v) is 3.89. The number of nitrogens with one attached hydrogen (secondary N) is 2. The third kappa shape index (κ3) is 4.65. The maximum absolute atomic E-state index is 13.3. The molecule has 1 aliphatic rings. The minimum Gasteiger partial charge on any atom is -0.376 e. The molecule has 30 heavy (non-hydrogen) atoms. The summed E-state index contributed by atoms with van der Waals surface area (Å²) in [7, 11) is 0. The van der Waals surface area contributed by atoms with Crippen LogP contribution in [0.4, 0.5) is 5.69 Å². The molecule has 160 valence electrons. The second-order valence-electron chi connectivity index (χ2n) is 7.27. The molecule has 6 nitrogen and oxygen atoms in total. The standard InChI is InChI=1S/C23H28ClN3O3/c1-4-10-25-23(29)21-17(12-15-13-30-11-9-19(15)26-21)22(28)27-20-14(5-2)7-8-18(24)16(20)6-3/h7-8,12H,4-6,9-11,13H2,1-3H3,(H,25,29)(H,27,28). The molecule has 3 rings (SSSR count). The van der Waals surface area contributed by atoms with Gasteiger partial charge in [0.25, 0.3) is 11.8 Å². The zero-order chi connectivity index (χ0) is 21.7. The van der Waals surface area contributed by atoms with Crippen LogP contribution in [0.25, 0.3) is 0 Å². The number of carbonyl (C=O) groups excluding carboxylic acids is 2. The molecule has 0 atom stereocenters. The molecule has 0 bridgehead atoms. The van der Waals surface area contributed by atoms with Crippen molar-refractivity contribution in [3.8, 4) is 0 Å². The average molecular weight is 430 g/mol. The molecule has 2 N–H and O–H groups in total. The first kappa shape index (κ1) is 22.2. The Hall–Kier alpha value is -2.44. The third-order valence-electron chi connectivity index (χ3n) is 5.24. The van der Waals surface area contributed by atoms with E-state index in [1.807, 2.05) is 32.9 Å². The molecular weight excluding hydrogens is 402 g/mol. The molecule has 0 saturated carbocycles. The van der Waals surface area contributed by atoms with Crippen molar-refractivity contribution >= 4 is 29.1 Å². The summed E-state index contributed by atoms with van der Waals surface area (Å²) in [5.41, 5.74) is 4.65. The van der Waals surface area contributed by atoms with E-state index in [0.29, 0.717) is 43.3 Å². The number of aryl methyl sites for hydroxylation is 1. The highest BCUT2D eigenvalue weighted by Gasteiger charge is 2.25. The number of carbonyl (C=O) groups is 2. The lowest BCUT2D eigenvalue weighted by Gasteiger charge is -2.20. The van der Waals surface area contributed by atoms with Crippen molar-refractivity contribution in [3.63, 3.8) is 0 Å². The number of nitrogens with zero attached hydrogens (tertiary/aromatic N) is 1. The maximum atomic E-state index is 13.3. The van der Waals surface area contributed by atoms with Crippen LogP contribution in [0.5, 0.6) is 0 Å². The maximum Gasteiger partial charge on any atom is 0.270 e. The van der Waals surface area contributed by atoms with Gasteiger partial charge in [0.2, 0.25) is 0 Å². The van der Waals surface area contributed by atoms with Gasteiger partial charge in [0.1, 0.15) is 5.69 Å². The Morgan fingerprint density at radius 1 is 1.17 bits per heavy atom. The van der Waals surface area contributed by atoms with Gasteiger partial charge in [0, 0.05) is 34.9 Å². The van der Waals surface area contributed by atoms with Crippen molar-refractivity contribution in [1.29, 1.82) is 0 Å². The van der Waals surface area contributed by atoms with Gasteiger partial charge < -0.3 is 15.4 Å². The first-order valence-corrected chi connectivity index (χ1v) is 10.9. The molecule has 1 aliphatic heterocycles. The topological polar surface area (TPSA) is 80.3 Å². The van der Waals surface area contributed by atoms with E-state index in [9.17, 15) is 9.59 Å². The number of aromatic nitrogens is 1. The number of hydrogen-bond acceptors (Lipinski definition) is 4. The average Bonchev–Trinajstić information content (AvgIpc) is 2.76. The molecule has 0 saturated heterocycles. The largest absolute Gasteiger partial charge is 0.376 e. The van der Waals surface area contributed by atoms with Crippen LogP contribution in [-0.4, -0.2) is 29.9 Å². The summed E-state index contributed by atoms with van der Waals surface area (Å²) in [4.78, 5) is 30.6. The molecule has 2 amide bonds. The zero-order valence-corrected chi connectivity index (χ0v) is 18.5. The molecule has 0 unspecified atom stereocenters. The molecule has 7 heteroatoms. The normalized spacial score (nSPS) is 12.9. The predicted octanol–water partition coefficient (Wildman–Crippen LogP) is 4.32. The van der Waals surface area contributed by atoms with Crippen LogP contribution in [0.15, 0.2) is 18.2 Å². The van der Waals surface area contributed by atoms with Crippen molar-refractivity contribution in [2.45, 2.75) is 53.1 Å². The third-order valence-corrected chi connectivity index (χ3v) is 5.60. The highest BCUT2D eigenvalue weighted by atomic mass is 35.5. The van der Waals surface area contributed by atoms with E-state index in [1.165, 1.54) is 0 Å². The second kappa shape index (κ2) is 10.0. The lowest BCUT2D eigenvalue weighted by atomic mass is 10.0. The smallest absolute Gasteiger partial charge is 0.270 e. The number of amides is 2. The van der Waals surface area contributed by atoms with Crippen molar-refractivity contribution in [2.75, 3.05) is 18.5 Å². The molecular formula is C23H28ClN3O3. The minimum atomic E-state index is -0.371. The van der Waals surface area contributed by atoms with Crippen LogP contribution >= 0.6 is 11.6 Å². The van der Waals surface area contributed by atoms with E-state index >= 15 is 0 Å². The number of anilines is 1. The van der Waals surface area contributed by atoms with E-state index in [-0.39, 0.29) is 23.1 Å². The molecule has 0 aliphatic carbocycles. The van der Waals surface area contributed by atoms with Gasteiger partial charge in [0.15, 0.2) is 0 Å². The summed E-state index contributed by atoms with van der Waals surface area (Å²) in [6.45, 7) is 7.47. The Kier molecular flexibility index (Phi) is 7.45. The van der Waals surface area contributed by atoms with Crippen LogP contribution in [0.3, 0.4) is 0 Å². The van der Waals surface area contributed by atoms with Crippen molar-refractivity contribution in [1.82, 2.24) is 10.3 Å². The summed E-state index contributed by atoms with van der Waals surface area (Å²) >= 11 is 6.38. The lowest BCUT2D eigenvalue weighted by Crippen LogP contribution is -2.30. The first-order valence-electron chi connectivity index (χ1n) is 10.5. The summed E-state index contributed by atoms with van der Waals surface area (Å²) < 4.78 is 5.51. The highest BCUT2D eigenvalue weighted by molar-refractivity contribution is 6.32. The van der Waals surface area contributed by atoms with Crippen LogP contribution in [-0.2, 0) is 30.6 Å². The monoisotopic (exact) mass is 429 g/mol. The first-order chi connectivity index (χ1) is 14.5. The summed E-state index contributed by atoms with van der Waals surface area (Å²) in [6.07, 6.45) is 2.86. The summed E-state index contributed by atoms with van der Waals surface area (Å²) in [5, 5.41) is 6.46. The lowest BCUT2D eigenvalue weighted by molar-refractivity contribution is 0.0928. The van der Waals surface area contributed by atoms with E-state index in [0.717, 1.165) is 35.2 Å². The van der Waals surface area contributed by atoms with E-state index < -0.39 is 0 Å². The van der Waals surface area contributed by atoms with Gasteiger partial charge in [0.05, 0.1) is 18.8 Å². The predicted molar refractivity (Wildman–Crippen MR) is 118 cm³/mol. The molecule has 1 aromatic heterocycles. The molecule has 0 fully saturated rings. The zero-order valence-electron chi connectivity index (χ0n) is 17.7. The van der Waals surface area contributed by atoms with E-state index in [2.05, 4.69) is 15.6 Å². The Morgan fingerprint density at radius 2 is 1.97 bits per heavy atom. The number of ether oxygens (including phenoxy) is 1. The second-order valence-corrected chi connectivity index (χ2v) is 7.68. The van der Waals surface area contributed by atoms with Crippen LogP contribution < -0.4 is 10.6 Å². The quantitative estimate of drug-likeness (QED) is 0.686. The van der Waals surface area contributed by atoms with Crippen LogP contribution in [0.1, 0.15) is 70.4 Å². The summed E-state index contributed by atoms with van der Waals surface area (Å²) in [5.74, 6) is -0.710. The van der Waals surface area contributed by atoms with Crippen molar-refractivity contribution in [3.05, 3.63) is 56.9 Å². The Morgan fingerprint density at radius 3 is 2.67 bits per heavy atom. The minimum absolute atomic E-state index is 0.153. The summed E-state index contributed by atoms with van der Waals surface area (Å²) in [6, 6.07) is 5.51. The van der Waals surface area contributed by atoms with Crippen molar-refractivity contribution in [2.24, 2.45) is 0 Å². The van der Waals surface area contributed by atoms with Crippen LogP contribution in [0, 0.1) is 0 Å². The van der Waals surface area contributed by atoms with Gasteiger partial charge in [-0.3, -0.25) is 9.59 Å². The molecule has 1 aromatic carbocycles. The molecule has 0 spiro atoms. The SMILES string of the molecule is CCCNC(=O)c1nc2c(cc1C(=O)Nc1c(CC)ccc(Cl)c1CC)COCC2. The Balaban J connectivity index is 2.03. The Bertz CT molecular complexity index is 959. The molecule has 2 heterocycles. The van der Waals surface area contributed by atoms with E-state index in [1.54, 1.807) is 6.07 Å². The van der Waals surface area contributed by atoms with Gasteiger partial charge in [-0.05, 0) is 42.5 Å². The van der Waals surface area contributed by atoms with Gasteiger partial charge in [-0.1, -0.05) is 38.4 Å². The number of benzene rings is 1. The Labute approximate surface area is 182 Å². The molecule has 2 aromatic rings. The van der Waals surface area contributed by atoms with Crippen molar-refractivity contribution < 1.29 is 14.3 Å². The fraction of sp³-hybridized carbons (Fsp3) is 0.435. The van der Waals surface area contributed by atoms with E-state index in [4.69, 9.17) is 16.3 Å². The van der Waals surface area contributed by atoms with Gasteiger partial charge in [-0.2, -0.15) is 0 Å². The molecule has 0 radical (unpaired) electrons. The number of hydrogen-bond donors (Lipinski definition) is 2. The fourth-order valence-electron chi connectivity index (χ4n) is 3.60. The number of rotatable bonds is 7. The number of halogens is 1. The number of fused-ring (bicyclic) bond motifs is 1. The van der Waals surface area contributed by atoms with Gasteiger partial charge in [-0.15, -0.1) is 0 Å². The van der Waals surface area contributed by atoms with Crippen LogP contribution in [0.2, 0.25) is 5.02 Å². The number of pyridine rings is 1. The van der Waals surface area contributed by atoms with Gasteiger partial charge >= 0.3 is 0 Å². The highest BCUT2D eigenvalue weighted by Crippen LogP contribution is 2.30. The van der Waals surface area contributed by atoms with Gasteiger partial charge in [-0.25, -0.2) is 4.98 Å².